The van der Waals surface area contributed by atoms with Crippen LogP contribution in [0.3, 0.4) is 0 Å². The maximum atomic E-state index is 14.6. The molecule has 0 bridgehead atoms. The van der Waals surface area contributed by atoms with Crippen LogP contribution in [-0.2, 0) is 20.9 Å². The Balaban J connectivity index is 2.01. The Kier molecular flexibility index (Phi) is 10.0. The van der Waals surface area contributed by atoms with Gasteiger partial charge in [-0.25, -0.2) is 4.39 Å². The Morgan fingerprint density at radius 2 is 1.79 bits per heavy atom. The van der Waals surface area contributed by atoms with E-state index in [0.717, 1.165) is 17.7 Å². The Morgan fingerprint density at radius 1 is 1.12 bits per heavy atom. The third-order valence-corrected chi connectivity index (χ3v) is 6.50. The zero-order valence-electron chi connectivity index (χ0n) is 19.7. The number of benzene rings is 1. The number of amides is 1. The van der Waals surface area contributed by atoms with Crippen LogP contribution < -0.4 is 4.74 Å². The highest BCUT2D eigenvalue weighted by Crippen LogP contribution is 2.43. The average molecular weight is 482 g/mol. The number of ketones is 1. The Bertz CT molecular complexity index is 924. The molecule has 1 aromatic rings. The van der Waals surface area contributed by atoms with Crippen LogP contribution in [0.25, 0.3) is 0 Å². The number of rotatable bonds is 13. The van der Waals surface area contributed by atoms with Gasteiger partial charge in [-0.1, -0.05) is 25.8 Å². The molecule has 1 amide bonds. The minimum atomic E-state index is -1.19. The molecule has 0 atom stereocenters. The van der Waals surface area contributed by atoms with Crippen LogP contribution >= 0.6 is 0 Å². The van der Waals surface area contributed by atoms with Gasteiger partial charge in [0.15, 0.2) is 17.3 Å². The van der Waals surface area contributed by atoms with Crippen molar-refractivity contribution in [3.8, 4) is 5.75 Å². The van der Waals surface area contributed by atoms with Crippen LogP contribution in [0.4, 0.5) is 8.78 Å². The van der Waals surface area contributed by atoms with Gasteiger partial charge in [0.05, 0.1) is 12.9 Å². The van der Waals surface area contributed by atoms with Crippen molar-refractivity contribution in [1.29, 1.82) is 0 Å². The number of halogens is 2. The molecule has 188 valence electrons. The summed E-state index contributed by atoms with van der Waals surface area (Å²) in [7, 11) is 1.35. The van der Waals surface area contributed by atoms with Gasteiger partial charge in [-0.15, -0.1) is 0 Å². The summed E-state index contributed by atoms with van der Waals surface area (Å²) < 4.78 is 34.3. The van der Waals surface area contributed by atoms with E-state index in [-0.39, 0.29) is 36.5 Å². The predicted octanol–water partition coefficient (Wildman–Crippen LogP) is 4.93. The standard InChI is InChI=1S/C25H33F2NO6/c1-3-25(12-6-7-13-25)23(32)18(16-29)24(33)28(2)15-17-10-11-19(22(27)21(17)26)34-14-8-4-5-9-20(30)31/h10-11,16,29H,3-9,12-15H2,1-2H3,(H,30,31). The Labute approximate surface area is 198 Å². The molecule has 0 spiro atoms. The summed E-state index contributed by atoms with van der Waals surface area (Å²) >= 11 is 0. The van der Waals surface area contributed by atoms with Crippen LogP contribution in [-0.4, -0.2) is 46.4 Å². The topological polar surface area (TPSA) is 104 Å². The summed E-state index contributed by atoms with van der Waals surface area (Å²) in [6.07, 6.45) is 5.73. The normalized spacial score (nSPS) is 15.2. The predicted molar refractivity (Wildman–Crippen MR) is 121 cm³/mol. The number of likely N-dealkylation sites (N-methyl/N-ethyl adjacent to an activating group) is 1. The molecular weight excluding hydrogens is 448 g/mol. The third kappa shape index (κ3) is 6.55. The monoisotopic (exact) mass is 481 g/mol. The molecule has 9 heteroatoms. The smallest absolute Gasteiger partial charge is 0.303 e. The maximum Gasteiger partial charge on any atom is 0.303 e. The van der Waals surface area contributed by atoms with Gasteiger partial charge in [0.25, 0.3) is 5.91 Å². The molecule has 1 saturated carbocycles. The van der Waals surface area contributed by atoms with Crippen molar-refractivity contribution < 1.29 is 38.1 Å². The molecule has 0 saturated heterocycles. The molecule has 2 N–H and O–H groups in total. The number of carboxylic acids is 1. The molecule has 2 rings (SSSR count). The molecule has 7 nitrogen and oxygen atoms in total. The highest BCUT2D eigenvalue weighted by atomic mass is 19.2. The number of carbonyl (C=O) groups is 3. The first-order valence-electron chi connectivity index (χ1n) is 11.6. The Hall–Kier alpha value is -2.97. The van der Waals surface area contributed by atoms with E-state index in [1.807, 2.05) is 6.92 Å². The van der Waals surface area contributed by atoms with Gasteiger partial charge in [0.2, 0.25) is 5.82 Å². The second-order valence-corrected chi connectivity index (χ2v) is 8.78. The van der Waals surface area contributed by atoms with E-state index in [0.29, 0.717) is 44.8 Å². The SMILES string of the molecule is CCC1(C(=O)C(=CO)C(=O)N(C)Cc2ccc(OCCCCCC(=O)O)c(F)c2F)CCCC1. The second kappa shape index (κ2) is 12.5. The fourth-order valence-electron chi connectivity index (χ4n) is 4.37. The average Bonchev–Trinajstić information content (AvgIpc) is 3.31. The highest BCUT2D eigenvalue weighted by molar-refractivity contribution is 6.20. The van der Waals surface area contributed by atoms with Crippen molar-refractivity contribution in [2.24, 2.45) is 5.41 Å². The second-order valence-electron chi connectivity index (χ2n) is 8.78. The lowest BCUT2D eigenvalue weighted by molar-refractivity contribution is -0.137. The number of aliphatic carboxylic acids is 1. The van der Waals surface area contributed by atoms with Crippen LogP contribution in [0.1, 0.15) is 70.3 Å². The molecular formula is C25H33F2NO6. The molecule has 0 heterocycles. The summed E-state index contributed by atoms with van der Waals surface area (Å²) in [6, 6.07) is 2.57. The van der Waals surface area contributed by atoms with Crippen molar-refractivity contribution in [3.05, 3.63) is 41.2 Å². The number of nitrogens with zero attached hydrogens (tertiary/aromatic N) is 1. The zero-order chi connectivity index (χ0) is 25.3. The van der Waals surface area contributed by atoms with E-state index in [4.69, 9.17) is 9.84 Å². The minimum absolute atomic E-state index is 0.0438. The molecule has 1 aliphatic rings. The lowest BCUT2D eigenvalue weighted by atomic mass is 9.76. The number of hydrogen-bond acceptors (Lipinski definition) is 5. The van der Waals surface area contributed by atoms with Crippen LogP contribution in [0, 0.1) is 17.0 Å². The molecule has 0 unspecified atom stereocenters. The number of ether oxygens (including phenoxy) is 1. The highest BCUT2D eigenvalue weighted by Gasteiger charge is 2.43. The van der Waals surface area contributed by atoms with E-state index < -0.39 is 34.7 Å². The fraction of sp³-hybridized carbons (Fsp3) is 0.560. The van der Waals surface area contributed by atoms with Gasteiger partial charge in [-0.05, 0) is 44.6 Å². The van der Waals surface area contributed by atoms with Gasteiger partial charge < -0.3 is 19.8 Å². The first-order valence-corrected chi connectivity index (χ1v) is 11.6. The molecule has 0 aliphatic heterocycles. The summed E-state index contributed by atoms with van der Waals surface area (Å²) in [5.41, 5.74) is -1.12. The van der Waals surface area contributed by atoms with E-state index in [9.17, 15) is 28.3 Å². The summed E-state index contributed by atoms with van der Waals surface area (Å²) in [5.74, 6) is -4.68. The van der Waals surface area contributed by atoms with Crippen molar-refractivity contribution in [3.63, 3.8) is 0 Å². The van der Waals surface area contributed by atoms with Crippen molar-refractivity contribution in [2.75, 3.05) is 13.7 Å². The number of hydrogen-bond donors (Lipinski definition) is 2. The molecule has 1 fully saturated rings. The number of Topliss-reactive ketones (excluding diaryl/α,β-unsaturated/α-hetero) is 1. The van der Waals surface area contributed by atoms with Crippen LogP contribution in [0.15, 0.2) is 24.0 Å². The lowest BCUT2D eigenvalue weighted by Gasteiger charge is -2.28. The molecule has 34 heavy (non-hydrogen) atoms. The molecule has 0 radical (unpaired) electrons. The van der Waals surface area contributed by atoms with Crippen molar-refractivity contribution in [2.45, 2.75) is 71.3 Å². The molecule has 1 aromatic carbocycles. The molecule has 0 aromatic heterocycles. The van der Waals surface area contributed by atoms with Crippen LogP contribution in [0.2, 0.25) is 0 Å². The van der Waals surface area contributed by atoms with Gasteiger partial charge >= 0.3 is 5.97 Å². The number of aliphatic hydroxyl groups is 1. The number of carboxylic acid groups (broad SMARTS) is 1. The van der Waals surface area contributed by atoms with Gasteiger partial charge in [-0.2, -0.15) is 4.39 Å². The van der Waals surface area contributed by atoms with Crippen LogP contribution in [0.5, 0.6) is 5.75 Å². The van der Waals surface area contributed by atoms with Gasteiger partial charge in [0.1, 0.15) is 5.57 Å². The largest absolute Gasteiger partial charge is 0.515 e. The lowest BCUT2D eigenvalue weighted by Crippen LogP contribution is -2.37. The Morgan fingerprint density at radius 3 is 2.38 bits per heavy atom. The first kappa shape index (κ1) is 27.3. The third-order valence-electron chi connectivity index (χ3n) is 6.50. The van der Waals surface area contributed by atoms with E-state index in [1.54, 1.807) is 0 Å². The summed E-state index contributed by atoms with van der Waals surface area (Å²) in [4.78, 5) is 37.5. The minimum Gasteiger partial charge on any atom is -0.515 e. The zero-order valence-corrected chi connectivity index (χ0v) is 19.7. The number of carbonyl (C=O) groups excluding carboxylic acids is 2. The van der Waals surface area contributed by atoms with Gasteiger partial charge in [-0.3, -0.25) is 14.4 Å². The van der Waals surface area contributed by atoms with Crippen molar-refractivity contribution in [1.82, 2.24) is 4.90 Å². The fourth-order valence-corrected chi connectivity index (χ4v) is 4.37. The summed E-state index contributed by atoms with van der Waals surface area (Å²) in [6.45, 7) is 1.69. The first-order chi connectivity index (χ1) is 16.2. The number of aliphatic hydroxyl groups excluding tert-OH is 1. The van der Waals surface area contributed by atoms with E-state index in [2.05, 4.69) is 0 Å². The van der Waals surface area contributed by atoms with Gasteiger partial charge in [0, 0.05) is 31.0 Å². The van der Waals surface area contributed by atoms with Crippen molar-refractivity contribution >= 4 is 17.7 Å². The van der Waals surface area contributed by atoms with E-state index in [1.165, 1.54) is 19.2 Å². The van der Waals surface area contributed by atoms with E-state index >= 15 is 0 Å². The molecule has 1 aliphatic carbocycles. The summed E-state index contributed by atoms with van der Waals surface area (Å²) in [5, 5.41) is 18.2. The number of unbranched alkanes of at least 4 members (excludes halogenated alkanes) is 2. The maximum absolute atomic E-state index is 14.6. The quantitative estimate of drug-likeness (QED) is 0.136.